The summed E-state index contributed by atoms with van der Waals surface area (Å²) in [6, 6.07) is 0. The maximum atomic E-state index is 12.5. The van der Waals surface area contributed by atoms with Gasteiger partial charge in [0.1, 0.15) is 12.2 Å². The molecule has 1 aliphatic heterocycles. The van der Waals surface area contributed by atoms with E-state index in [0.717, 1.165) is 25.3 Å². The fourth-order valence-electron chi connectivity index (χ4n) is 2.98. The molecule has 0 radical (unpaired) electrons. The van der Waals surface area contributed by atoms with Crippen LogP contribution in [0.2, 0.25) is 0 Å². The van der Waals surface area contributed by atoms with Crippen LogP contribution in [0.4, 0.5) is 0 Å². The summed E-state index contributed by atoms with van der Waals surface area (Å²) in [7, 11) is 0. The van der Waals surface area contributed by atoms with Gasteiger partial charge in [0.25, 0.3) is 0 Å². The highest BCUT2D eigenvalue weighted by Crippen LogP contribution is 2.26. The van der Waals surface area contributed by atoms with E-state index in [4.69, 9.17) is 4.74 Å². The van der Waals surface area contributed by atoms with Crippen molar-refractivity contribution >= 4 is 5.91 Å². The predicted octanol–water partition coefficient (Wildman–Crippen LogP) is 2.10. The van der Waals surface area contributed by atoms with Crippen molar-refractivity contribution < 1.29 is 9.53 Å². The number of hydrogen-bond donors (Lipinski definition) is 1. The van der Waals surface area contributed by atoms with Crippen molar-refractivity contribution in [2.75, 3.05) is 6.61 Å². The number of ether oxygens (including phenoxy) is 1. The molecule has 2 rings (SSSR count). The normalized spacial score (nSPS) is 22.8. The number of carbonyl (C=O) groups is 1. The second-order valence-electron chi connectivity index (χ2n) is 7.30. The number of carbonyl (C=O) groups excluding carboxylic acids is 1. The molecule has 2 atom stereocenters. The molecular formula is C16H28N4O2. The molecule has 1 fully saturated rings. The number of rotatable bonds is 4. The molecule has 1 amide bonds. The van der Waals surface area contributed by atoms with Crippen LogP contribution in [0, 0.1) is 11.8 Å². The van der Waals surface area contributed by atoms with Gasteiger partial charge < -0.3 is 10.1 Å². The van der Waals surface area contributed by atoms with E-state index < -0.39 is 0 Å². The van der Waals surface area contributed by atoms with E-state index in [1.54, 1.807) is 0 Å². The minimum Gasteiger partial charge on any atom is -0.377 e. The largest absolute Gasteiger partial charge is 0.377 e. The van der Waals surface area contributed by atoms with Gasteiger partial charge >= 0.3 is 0 Å². The third-order valence-electron chi connectivity index (χ3n) is 4.03. The van der Waals surface area contributed by atoms with Crippen molar-refractivity contribution in [2.45, 2.75) is 65.6 Å². The van der Waals surface area contributed by atoms with Crippen molar-refractivity contribution in [2.24, 2.45) is 11.8 Å². The molecule has 22 heavy (non-hydrogen) atoms. The molecule has 0 aliphatic carbocycles. The van der Waals surface area contributed by atoms with Crippen molar-refractivity contribution in [3.05, 3.63) is 12.2 Å². The fourth-order valence-corrected chi connectivity index (χ4v) is 2.98. The van der Waals surface area contributed by atoms with Crippen molar-refractivity contribution in [3.63, 3.8) is 0 Å². The predicted molar refractivity (Wildman–Crippen MR) is 84.2 cm³/mol. The molecule has 1 N–H and O–H groups in total. The lowest BCUT2D eigenvalue weighted by Gasteiger charge is -2.33. The first-order valence-corrected chi connectivity index (χ1v) is 8.09. The Bertz CT molecular complexity index is 504. The molecule has 2 unspecified atom stereocenters. The third-order valence-corrected chi connectivity index (χ3v) is 4.03. The topological polar surface area (TPSA) is 69.0 Å². The first-order valence-electron chi connectivity index (χ1n) is 8.09. The SMILES string of the molecule is CC(C)C1OCCCC1C(=O)NCc1ncnn1C(C)(C)C. The molecule has 6 nitrogen and oxygen atoms in total. The fraction of sp³-hybridized carbons (Fsp3) is 0.812. The van der Waals surface area contributed by atoms with Gasteiger partial charge in [0.15, 0.2) is 0 Å². The van der Waals surface area contributed by atoms with Gasteiger partial charge in [-0.05, 0) is 39.5 Å². The Morgan fingerprint density at radius 1 is 1.50 bits per heavy atom. The van der Waals surface area contributed by atoms with Gasteiger partial charge in [-0.3, -0.25) is 4.79 Å². The monoisotopic (exact) mass is 308 g/mol. The molecule has 1 aliphatic rings. The zero-order chi connectivity index (χ0) is 16.3. The van der Waals surface area contributed by atoms with Gasteiger partial charge in [-0.15, -0.1) is 0 Å². The molecule has 0 saturated carbocycles. The zero-order valence-corrected chi connectivity index (χ0v) is 14.3. The average Bonchev–Trinajstić information content (AvgIpc) is 2.93. The van der Waals surface area contributed by atoms with E-state index in [-0.39, 0.29) is 23.5 Å². The van der Waals surface area contributed by atoms with Crippen LogP contribution < -0.4 is 5.32 Å². The number of hydrogen-bond acceptors (Lipinski definition) is 4. The average molecular weight is 308 g/mol. The Kier molecular flexibility index (Phi) is 5.21. The van der Waals surface area contributed by atoms with Gasteiger partial charge in [-0.25, -0.2) is 9.67 Å². The van der Waals surface area contributed by atoms with Gasteiger partial charge in [-0.2, -0.15) is 5.10 Å². The molecule has 124 valence electrons. The highest BCUT2D eigenvalue weighted by atomic mass is 16.5. The van der Waals surface area contributed by atoms with E-state index >= 15 is 0 Å². The van der Waals surface area contributed by atoms with E-state index in [1.807, 2.05) is 4.68 Å². The van der Waals surface area contributed by atoms with E-state index in [9.17, 15) is 4.79 Å². The van der Waals surface area contributed by atoms with Crippen LogP contribution in [0.3, 0.4) is 0 Å². The lowest BCUT2D eigenvalue weighted by atomic mass is 9.87. The van der Waals surface area contributed by atoms with Crippen LogP contribution in [0.1, 0.15) is 53.3 Å². The van der Waals surface area contributed by atoms with Crippen LogP contribution in [0.15, 0.2) is 6.33 Å². The van der Waals surface area contributed by atoms with Gasteiger partial charge in [0.05, 0.1) is 24.1 Å². The summed E-state index contributed by atoms with van der Waals surface area (Å²) >= 11 is 0. The molecule has 1 saturated heterocycles. The lowest BCUT2D eigenvalue weighted by Crippen LogP contribution is -2.44. The Morgan fingerprint density at radius 3 is 2.86 bits per heavy atom. The van der Waals surface area contributed by atoms with Crippen molar-refractivity contribution in [3.8, 4) is 0 Å². The summed E-state index contributed by atoms with van der Waals surface area (Å²) in [6.45, 7) is 11.6. The van der Waals surface area contributed by atoms with Gasteiger partial charge in [0.2, 0.25) is 5.91 Å². The first kappa shape index (κ1) is 16.9. The summed E-state index contributed by atoms with van der Waals surface area (Å²) in [6.07, 6.45) is 3.38. The van der Waals surface area contributed by atoms with E-state index in [2.05, 4.69) is 50.0 Å². The van der Waals surface area contributed by atoms with Crippen LogP contribution in [-0.4, -0.2) is 33.4 Å². The quantitative estimate of drug-likeness (QED) is 0.925. The van der Waals surface area contributed by atoms with Crippen LogP contribution in [0.25, 0.3) is 0 Å². The molecule has 6 heteroatoms. The first-order chi connectivity index (χ1) is 10.3. The van der Waals surface area contributed by atoms with Crippen molar-refractivity contribution in [1.82, 2.24) is 20.1 Å². The number of aromatic nitrogens is 3. The standard InChI is InChI=1S/C16H28N4O2/c1-11(2)14-12(7-6-8-22-14)15(21)17-9-13-18-10-19-20(13)16(3,4)5/h10-12,14H,6-9H2,1-5H3,(H,17,21). The minimum absolute atomic E-state index is 0.00855. The maximum absolute atomic E-state index is 12.5. The van der Waals surface area contributed by atoms with Crippen LogP contribution in [-0.2, 0) is 21.6 Å². The summed E-state index contributed by atoms with van der Waals surface area (Å²) in [5.74, 6) is 1.11. The smallest absolute Gasteiger partial charge is 0.226 e. The number of nitrogens with one attached hydrogen (secondary N) is 1. The van der Waals surface area contributed by atoms with Crippen molar-refractivity contribution in [1.29, 1.82) is 0 Å². The Balaban J connectivity index is 1.99. The van der Waals surface area contributed by atoms with Crippen LogP contribution in [0.5, 0.6) is 0 Å². The highest BCUT2D eigenvalue weighted by Gasteiger charge is 2.34. The Morgan fingerprint density at radius 2 is 2.23 bits per heavy atom. The molecule has 0 aromatic carbocycles. The Hall–Kier alpha value is -1.43. The van der Waals surface area contributed by atoms with Crippen LogP contribution >= 0.6 is 0 Å². The van der Waals surface area contributed by atoms with Gasteiger partial charge in [-0.1, -0.05) is 13.8 Å². The lowest BCUT2D eigenvalue weighted by molar-refractivity contribution is -0.137. The summed E-state index contributed by atoms with van der Waals surface area (Å²) < 4.78 is 7.65. The second kappa shape index (κ2) is 6.77. The number of nitrogens with zero attached hydrogens (tertiary/aromatic N) is 3. The second-order valence-corrected chi connectivity index (χ2v) is 7.30. The zero-order valence-electron chi connectivity index (χ0n) is 14.3. The molecule has 0 spiro atoms. The number of amides is 1. The molecule has 2 heterocycles. The minimum atomic E-state index is -0.148. The third kappa shape index (κ3) is 3.85. The highest BCUT2D eigenvalue weighted by molar-refractivity contribution is 5.79. The molecular weight excluding hydrogens is 280 g/mol. The molecule has 1 aromatic rings. The maximum Gasteiger partial charge on any atom is 0.226 e. The Labute approximate surface area is 132 Å². The summed E-state index contributed by atoms with van der Waals surface area (Å²) in [5, 5.41) is 7.26. The van der Waals surface area contributed by atoms with E-state index in [0.29, 0.717) is 12.5 Å². The molecule has 1 aromatic heterocycles. The molecule has 0 bridgehead atoms. The summed E-state index contributed by atoms with van der Waals surface area (Å²) in [5.41, 5.74) is -0.148. The van der Waals surface area contributed by atoms with Gasteiger partial charge in [0, 0.05) is 6.61 Å². The summed E-state index contributed by atoms with van der Waals surface area (Å²) in [4.78, 5) is 16.8. The van der Waals surface area contributed by atoms with E-state index in [1.165, 1.54) is 6.33 Å².